The molecule has 0 aliphatic carbocycles. The minimum atomic E-state index is 0.870. The Morgan fingerprint density at radius 1 is 1.40 bits per heavy atom. The number of hydrogen-bond acceptors (Lipinski definition) is 2. The molecule has 2 nitrogen and oxygen atoms in total. The quantitative estimate of drug-likeness (QED) is 0.524. The highest BCUT2D eigenvalue weighted by Gasteiger charge is 2.10. The summed E-state index contributed by atoms with van der Waals surface area (Å²) in [4.78, 5) is 0. The van der Waals surface area contributed by atoms with Gasteiger partial charge in [0.05, 0.1) is 11.4 Å². The van der Waals surface area contributed by atoms with E-state index in [1.54, 1.807) is 0 Å². The molecule has 0 fully saturated rings. The van der Waals surface area contributed by atoms with Crippen molar-refractivity contribution in [3.63, 3.8) is 0 Å². The monoisotopic (exact) mass is 134 g/mol. The van der Waals surface area contributed by atoms with Crippen LogP contribution in [0.25, 0.3) is 0 Å². The Morgan fingerprint density at radius 2 is 2.30 bits per heavy atom. The van der Waals surface area contributed by atoms with Gasteiger partial charge in [0, 0.05) is 6.54 Å². The van der Waals surface area contributed by atoms with Crippen LogP contribution in [0, 0.1) is 0 Å². The van der Waals surface area contributed by atoms with Crippen LogP contribution in [0.5, 0.6) is 0 Å². The number of fused-ring (bicyclic) bond motifs is 1. The van der Waals surface area contributed by atoms with Crippen molar-refractivity contribution in [3.05, 3.63) is 23.8 Å². The molecular weight excluding hydrogens is 124 g/mol. The highest BCUT2D eigenvalue weighted by Crippen LogP contribution is 2.27. The predicted molar refractivity (Wildman–Crippen MR) is 43.0 cm³/mol. The zero-order valence-electron chi connectivity index (χ0n) is 5.72. The van der Waals surface area contributed by atoms with Crippen molar-refractivity contribution < 1.29 is 0 Å². The lowest BCUT2D eigenvalue weighted by Crippen LogP contribution is -1.95. The molecule has 0 unspecified atom stereocenters. The molecule has 1 heterocycles. The van der Waals surface area contributed by atoms with Gasteiger partial charge in [0.15, 0.2) is 0 Å². The molecule has 1 aliphatic heterocycles. The van der Waals surface area contributed by atoms with E-state index < -0.39 is 0 Å². The van der Waals surface area contributed by atoms with Gasteiger partial charge in [-0.15, -0.1) is 0 Å². The van der Waals surface area contributed by atoms with Crippen LogP contribution in [0.2, 0.25) is 0 Å². The first kappa shape index (κ1) is 5.59. The molecular formula is C8H10N2. The van der Waals surface area contributed by atoms with Gasteiger partial charge in [-0.1, -0.05) is 12.1 Å². The minimum Gasteiger partial charge on any atom is -0.397 e. The predicted octanol–water partition coefficient (Wildman–Crippen LogP) is 1.24. The fourth-order valence-electron chi connectivity index (χ4n) is 1.37. The van der Waals surface area contributed by atoms with Gasteiger partial charge in [-0.25, -0.2) is 0 Å². The van der Waals surface area contributed by atoms with Crippen LogP contribution in [0.15, 0.2) is 18.2 Å². The van der Waals surface area contributed by atoms with Gasteiger partial charge in [-0.05, 0) is 18.1 Å². The molecule has 0 spiro atoms. The van der Waals surface area contributed by atoms with E-state index >= 15 is 0 Å². The van der Waals surface area contributed by atoms with Crippen molar-refractivity contribution in [2.75, 3.05) is 17.6 Å². The largest absolute Gasteiger partial charge is 0.397 e. The Labute approximate surface area is 60.0 Å². The fraction of sp³-hybridized carbons (Fsp3) is 0.250. The number of hydrogen-bond donors (Lipinski definition) is 2. The van der Waals surface area contributed by atoms with E-state index in [1.165, 1.54) is 5.56 Å². The Kier molecular flexibility index (Phi) is 1.07. The summed E-state index contributed by atoms with van der Waals surface area (Å²) < 4.78 is 0. The lowest BCUT2D eigenvalue weighted by atomic mass is 10.1. The average molecular weight is 134 g/mol. The number of para-hydroxylation sites is 1. The van der Waals surface area contributed by atoms with Crippen LogP contribution in [0.4, 0.5) is 11.4 Å². The molecule has 2 heteroatoms. The molecule has 1 aliphatic rings. The van der Waals surface area contributed by atoms with Crippen molar-refractivity contribution in [1.29, 1.82) is 0 Å². The number of nitrogens with one attached hydrogen (secondary N) is 1. The van der Waals surface area contributed by atoms with E-state index in [9.17, 15) is 0 Å². The van der Waals surface area contributed by atoms with E-state index in [0.717, 1.165) is 24.3 Å². The second kappa shape index (κ2) is 1.90. The number of rotatable bonds is 0. The van der Waals surface area contributed by atoms with E-state index in [4.69, 9.17) is 5.73 Å². The Balaban J connectivity index is 2.59. The van der Waals surface area contributed by atoms with Gasteiger partial charge in [-0.3, -0.25) is 0 Å². The fourth-order valence-corrected chi connectivity index (χ4v) is 1.37. The van der Waals surface area contributed by atoms with E-state index in [2.05, 4.69) is 11.4 Å². The van der Waals surface area contributed by atoms with Gasteiger partial charge < -0.3 is 11.1 Å². The topological polar surface area (TPSA) is 38.0 Å². The van der Waals surface area contributed by atoms with E-state index in [1.807, 2.05) is 12.1 Å². The Morgan fingerprint density at radius 3 is 3.10 bits per heavy atom. The summed E-state index contributed by atoms with van der Waals surface area (Å²) in [6.07, 6.45) is 1.11. The lowest BCUT2D eigenvalue weighted by molar-refractivity contribution is 1.11. The summed E-state index contributed by atoms with van der Waals surface area (Å²) in [5, 5.41) is 3.24. The molecule has 0 saturated carbocycles. The van der Waals surface area contributed by atoms with Crippen molar-refractivity contribution >= 4 is 11.4 Å². The maximum Gasteiger partial charge on any atom is 0.0607 e. The number of nitrogens with two attached hydrogens (primary N) is 1. The molecule has 0 bridgehead atoms. The first-order valence-corrected chi connectivity index (χ1v) is 3.49. The molecule has 3 N–H and O–H groups in total. The molecule has 0 radical (unpaired) electrons. The summed E-state index contributed by atoms with van der Waals surface area (Å²) in [5.74, 6) is 0. The smallest absolute Gasteiger partial charge is 0.0607 e. The second-order valence-electron chi connectivity index (χ2n) is 2.56. The Hall–Kier alpha value is -1.18. The van der Waals surface area contributed by atoms with Crippen LogP contribution >= 0.6 is 0 Å². The summed E-state index contributed by atoms with van der Waals surface area (Å²) in [6.45, 7) is 1.03. The van der Waals surface area contributed by atoms with Crippen LogP contribution in [0.1, 0.15) is 5.56 Å². The highest BCUT2D eigenvalue weighted by atomic mass is 14.9. The molecule has 10 heavy (non-hydrogen) atoms. The molecule has 1 aromatic carbocycles. The van der Waals surface area contributed by atoms with Gasteiger partial charge >= 0.3 is 0 Å². The van der Waals surface area contributed by atoms with E-state index in [0.29, 0.717) is 0 Å². The first-order valence-electron chi connectivity index (χ1n) is 3.49. The Bertz CT molecular complexity index is 255. The van der Waals surface area contributed by atoms with Crippen molar-refractivity contribution in [3.8, 4) is 0 Å². The van der Waals surface area contributed by atoms with Crippen LogP contribution in [0.3, 0.4) is 0 Å². The lowest BCUT2D eigenvalue weighted by Gasteiger charge is -2.01. The number of benzene rings is 1. The minimum absolute atomic E-state index is 0.870. The van der Waals surface area contributed by atoms with Crippen LogP contribution in [-0.4, -0.2) is 6.54 Å². The van der Waals surface area contributed by atoms with Crippen molar-refractivity contribution in [2.45, 2.75) is 6.42 Å². The zero-order valence-corrected chi connectivity index (χ0v) is 5.72. The zero-order chi connectivity index (χ0) is 6.97. The van der Waals surface area contributed by atoms with Crippen LogP contribution in [-0.2, 0) is 6.42 Å². The molecule has 0 aromatic heterocycles. The standard InChI is InChI=1S/C8H10N2/c9-7-3-1-2-6-4-5-10-8(6)7/h1-3,10H,4-5,9H2. The maximum absolute atomic E-state index is 5.71. The average Bonchev–Trinajstić information content (AvgIpc) is 2.36. The highest BCUT2D eigenvalue weighted by molar-refractivity contribution is 5.72. The number of anilines is 2. The van der Waals surface area contributed by atoms with Crippen molar-refractivity contribution in [1.82, 2.24) is 0 Å². The molecule has 0 amide bonds. The summed E-state index contributed by atoms with van der Waals surface area (Å²) in [6, 6.07) is 6.05. The van der Waals surface area contributed by atoms with Gasteiger partial charge in [0.1, 0.15) is 0 Å². The third-order valence-electron chi connectivity index (χ3n) is 1.88. The normalized spacial score (nSPS) is 14.4. The third kappa shape index (κ3) is 0.652. The van der Waals surface area contributed by atoms with Crippen molar-refractivity contribution in [2.24, 2.45) is 0 Å². The molecule has 2 rings (SSSR count). The SMILES string of the molecule is Nc1cccc2c1NCC2. The first-order chi connectivity index (χ1) is 4.88. The number of nitrogen functional groups attached to an aromatic ring is 1. The van der Waals surface area contributed by atoms with Gasteiger partial charge in [0.2, 0.25) is 0 Å². The summed E-state index contributed by atoms with van der Waals surface area (Å²) in [5.41, 5.74) is 9.07. The van der Waals surface area contributed by atoms with Crippen LogP contribution < -0.4 is 11.1 Å². The van der Waals surface area contributed by atoms with E-state index in [-0.39, 0.29) is 0 Å². The summed E-state index contributed by atoms with van der Waals surface area (Å²) in [7, 11) is 0. The maximum atomic E-state index is 5.71. The summed E-state index contributed by atoms with van der Waals surface area (Å²) >= 11 is 0. The molecule has 52 valence electrons. The molecule has 1 aromatic rings. The van der Waals surface area contributed by atoms with Gasteiger partial charge in [-0.2, -0.15) is 0 Å². The third-order valence-corrected chi connectivity index (χ3v) is 1.88. The molecule has 0 saturated heterocycles. The van der Waals surface area contributed by atoms with Gasteiger partial charge in [0.25, 0.3) is 0 Å². The molecule has 0 atom stereocenters. The second-order valence-corrected chi connectivity index (χ2v) is 2.56.